The molecule has 0 fully saturated rings. The van der Waals surface area contributed by atoms with Crippen LogP contribution in [0.5, 0.6) is 11.5 Å². The van der Waals surface area contributed by atoms with Gasteiger partial charge in [-0.3, -0.25) is 9.12 Å². The van der Waals surface area contributed by atoms with Gasteiger partial charge < -0.3 is 10.5 Å². The Kier molecular flexibility index (Phi) is 5.40. The third-order valence-electron chi connectivity index (χ3n) is 4.62. The number of pyridine rings is 1. The summed E-state index contributed by atoms with van der Waals surface area (Å²) < 4.78 is 63.5. The smallest absolute Gasteiger partial charge is 0.298 e. The molecular weight excluding hydrogens is 442 g/mol. The summed E-state index contributed by atoms with van der Waals surface area (Å²) in [7, 11) is -2.59. The van der Waals surface area contributed by atoms with Gasteiger partial charge in [0.05, 0.1) is 5.69 Å². The van der Waals surface area contributed by atoms with Gasteiger partial charge in [-0.1, -0.05) is 0 Å². The summed E-state index contributed by atoms with van der Waals surface area (Å²) in [4.78, 5) is 0. The second kappa shape index (κ2) is 8.05. The normalized spacial score (nSPS) is 11.6. The zero-order chi connectivity index (χ0) is 23.0. The zero-order valence-corrected chi connectivity index (χ0v) is 17.7. The van der Waals surface area contributed by atoms with Crippen LogP contribution >= 0.6 is 0 Å². The predicted octanol–water partition coefficient (Wildman–Crippen LogP) is 3.23. The van der Waals surface area contributed by atoms with Crippen LogP contribution in [-0.2, 0) is 10.2 Å². The van der Waals surface area contributed by atoms with Crippen molar-refractivity contribution < 1.29 is 21.9 Å². The molecule has 4 rings (SSSR count). The summed E-state index contributed by atoms with van der Waals surface area (Å²) in [5, 5.41) is 8.01. The van der Waals surface area contributed by atoms with Crippen LogP contribution in [0.1, 0.15) is 5.82 Å². The Morgan fingerprint density at radius 2 is 1.81 bits per heavy atom. The molecule has 2 aromatic heterocycles. The maximum absolute atomic E-state index is 14.2. The summed E-state index contributed by atoms with van der Waals surface area (Å²) in [5.41, 5.74) is 7.71. The number of hydrogen-bond donors (Lipinski definition) is 3. The van der Waals surface area contributed by atoms with Gasteiger partial charge in [0.2, 0.25) is 0 Å². The number of anilines is 2. The van der Waals surface area contributed by atoms with Crippen LogP contribution in [0, 0.1) is 18.6 Å². The first-order valence-electron chi connectivity index (χ1n) is 9.26. The summed E-state index contributed by atoms with van der Waals surface area (Å²) in [5.74, 6) is -1.07. The van der Waals surface area contributed by atoms with Gasteiger partial charge in [0.25, 0.3) is 10.2 Å². The fraction of sp³-hybridized carbons (Fsp3) is 0.100. The van der Waals surface area contributed by atoms with Crippen molar-refractivity contribution >= 4 is 27.2 Å². The highest BCUT2D eigenvalue weighted by molar-refractivity contribution is 7.90. The highest BCUT2D eigenvalue weighted by Gasteiger charge is 2.18. The van der Waals surface area contributed by atoms with Crippen molar-refractivity contribution in [1.29, 1.82) is 0 Å². The van der Waals surface area contributed by atoms with Crippen molar-refractivity contribution in [3.63, 3.8) is 0 Å². The number of nitrogens with zero attached hydrogens (tertiary/aromatic N) is 3. The van der Waals surface area contributed by atoms with E-state index in [1.165, 1.54) is 25.2 Å². The first-order chi connectivity index (χ1) is 15.2. The van der Waals surface area contributed by atoms with Gasteiger partial charge in [0.15, 0.2) is 17.2 Å². The summed E-state index contributed by atoms with van der Waals surface area (Å²) in [6.07, 6.45) is 1.67. The number of halogens is 2. The lowest BCUT2D eigenvalue weighted by Crippen LogP contribution is -2.26. The minimum absolute atomic E-state index is 0.152. The highest BCUT2D eigenvalue weighted by atomic mass is 32.2. The molecular formula is C20H18F2N6O3S. The van der Waals surface area contributed by atoms with Gasteiger partial charge in [-0.25, -0.2) is 13.5 Å². The quantitative estimate of drug-likeness (QED) is 0.380. The van der Waals surface area contributed by atoms with E-state index < -0.39 is 21.8 Å². The second-order valence-corrected chi connectivity index (χ2v) is 8.44. The van der Waals surface area contributed by atoms with Crippen molar-refractivity contribution in [3.8, 4) is 22.6 Å². The van der Waals surface area contributed by atoms with E-state index in [0.29, 0.717) is 28.7 Å². The molecule has 0 aliphatic carbocycles. The number of hydrogen-bond acceptors (Lipinski definition) is 6. The standard InChI is InChI=1S/C20H18F2N6O3S/c1-11-25-26-20-17(27-32(29,30)24-2)7-12(10-28(11)20)15-9-14(23)4-6-18(15)31-19-5-3-13(21)8-16(19)22/h3-10,24,27H,23H2,1-2H3. The monoisotopic (exact) mass is 460 g/mol. The van der Waals surface area contributed by atoms with Gasteiger partial charge in [0.1, 0.15) is 17.4 Å². The lowest BCUT2D eigenvalue weighted by molar-refractivity contribution is 0.439. The van der Waals surface area contributed by atoms with E-state index in [1.54, 1.807) is 29.7 Å². The van der Waals surface area contributed by atoms with Gasteiger partial charge in [-0.05, 0) is 43.3 Å². The lowest BCUT2D eigenvalue weighted by Gasteiger charge is -2.15. The van der Waals surface area contributed by atoms with Gasteiger partial charge in [0, 0.05) is 36.1 Å². The van der Waals surface area contributed by atoms with Crippen LogP contribution in [0.4, 0.5) is 20.2 Å². The van der Waals surface area contributed by atoms with Crippen LogP contribution in [0.25, 0.3) is 16.8 Å². The SMILES string of the molecule is CNS(=O)(=O)Nc1cc(-c2cc(N)ccc2Oc2ccc(F)cc2F)cn2c(C)nnc12. The van der Waals surface area contributed by atoms with Gasteiger partial charge >= 0.3 is 0 Å². The van der Waals surface area contributed by atoms with Crippen LogP contribution in [0.2, 0.25) is 0 Å². The van der Waals surface area contributed by atoms with E-state index in [1.807, 2.05) is 0 Å². The fourth-order valence-electron chi connectivity index (χ4n) is 3.06. The Bertz CT molecular complexity index is 1440. The Morgan fingerprint density at radius 1 is 1.06 bits per heavy atom. The Hall–Kier alpha value is -3.77. The largest absolute Gasteiger partial charge is 0.454 e. The van der Waals surface area contributed by atoms with Crippen LogP contribution in [0.3, 0.4) is 0 Å². The van der Waals surface area contributed by atoms with Crippen molar-refractivity contribution in [1.82, 2.24) is 19.3 Å². The molecule has 9 nitrogen and oxygen atoms in total. The summed E-state index contributed by atoms with van der Waals surface area (Å²) in [6, 6.07) is 9.18. The Balaban J connectivity index is 1.88. The molecule has 2 aromatic carbocycles. The number of aryl methyl sites for hydroxylation is 1. The molecule has 12 heteroatoms. The molecule has 0 radical (unpaired) electrons. The number of aromatic nitrogens is 3. The molecule has 0 spiro atoms. The molecule has 0 bridgehead atoms. The number of rotatable bonds is 6. The van der Waals surface area contributed by atoms with E-state index in [4.69, 9.17) is 10.5 Å². The Labute approximate surface area is 182 Å². The number of nitrogen functional groups attached to an aromatic ring is 1. The lowest BCUT2D eigenvalue weighted by atomic mass is 10.0. The third-order valence-corrected chi connectivity index (χ3v) is 5.64. The maximum atomic E-state index is 14.2. The minimum atomic E-state index is -3.85. The highest BCUT2D eigenvalue weighted by Crippen LogP contribution is 2.37. The molecule has 4 aromatic rings. The van der Waals surface area contributed by atoms with Crippen LogP contribution in [0.15, 0.2) is 48.7 Å². The van der Waals surface area contributed by atoms with Gasteiger partial charge in [-0.15, -0.1) is 10.2 Å². The molecule has 32 heavy (non-hydrogen) atoms. The average Bonchev–Trinajstić information content (AvgIpc) is 3.12. The topological polar surface area (TPSA) is 124 Å². The van der Waals surface area contributed by atoms with Crippen molar-refractivity contribution in [3.05, 3.63) is 66.1 Å². The van der Waals surface area contributed by atoms with E-state index in [9.17, 15) is 17.2 Å². The number of fused-ring (bicyclic) bond motifs is 1. The van der Waals surface area contributed by atoms with E-state index in [2.05, 4.69) is 19.6 Å². The first-order valence-corrected chi connectivity index (χ1v) is 10.7. The number of ether oxygens (including phenoxy) is 1. The van der Waals surface area contributed by atoms with Crippen molar-refractivity contribution in [2.24, 2.45) is 0 Å². The van der Waals surface area contributed by atoms with E-state index in [-0.39, 0.29) is 22.8 Å². The third kappa shape index (κ3) is 4.18. The molecule has 166 valence electrons. The molecule has 0 saturated carbocycles. The molecule has 0 saturated heterocycles. The average molecular weight is 460 g/mol. The van der Waals surface area contributed by atoms with Crippen molar-refractivity contribution in [2.45, 2.75) is 6.92 Å². The Morgan fingerprint density at radius 3 is 2.53 bits per heavy atom. The molecule has 4 N–H and O–H groups in total. The van der Waals surface area contributed by atoms with E-state index in [0.717, 1.165) is 6.07 Å². The molecule has 0 unspecified atom stereocenters. The second-order valence-electron chi connectivity index (χ2n) is 6.83. The minimum Gasteiger partial charge on any atom is -0.454 e. The summed E-state index contributed by atoms with van der Waals surface area (Å²) >= 11 is 0. The maximum Gasteiger partial charge on any atom is 0.298 e. The van der Waals surface area contributed by atoms with Crippen LogP contribution < -0.4 is 19.9 Å². The summed E-state index contributed by atoms with van der Waals surface area (Å²) in [6.45, 7) is 1.70. The van der Waals surface area contributed by atoms with Crippen LogP contribution in [-0.4, -0.2) is 30.1 Å². The fourth-order valence-corrected chi connectivity index (χ4v) is 3.60. The molecule has 0 atom stereocenters. The molecule has 0 aliphatic rings. The molecule has 2 heterocycles. The number of benzene rings is 2. The molecule has 0 aliphatic heterocycles. The molecule has 0 amide bonds. The number of nitrogens with one attached hydrogen (secondary N) is 2. The first kappa shape index (κ1) is 21.5. The zero-order valence-electron chi connectivity index (χ0n) is 16.9. The van der Waals surface area contributed by atoms with Crippen molar-refractivity contribution in [2.75, 3.05) is 17.5 Å². The van der Waals surface area contributed by atoms with Gasteiger partial charge in [-0.2, -0.15) is 8.42 Å². The van der Waals surface area contributed by atoms with E-state index >= 15 is 0 Å². The predicted molar refractivity (Wildman–Crippen MR) is 116 cm³/mol. The number of nitrogens with two attached hydrogens (primary N) is 1.